The smallest absolute Gasteiger partial charge is 0.264 e. The lowest BCUT2D eigenvalue weighted by atomic mass is 9.82. The molecule has 2 fully saturated rings. The second-order valence-corrected chi connectivity index (χ2v) is 20.2. The molecule has 0 aliphatic carbocycles. The van der Waals surface area contributed by atoms with Gasteiger partial charge in [0.2, 0.25) is 11.8 Å². The molecule has 0 unspecified atom stereocenters. The van der Waals surface area contributed by atoms with E-state index >= 15 is 4.79 Å². The van der Waals surface area contributed by atoms with Gasteiger partial charge in [0, 0.05) is 43.3 Å². The van der Waals surface area contributed by atoms with Crippen molar-refractivity contribution in [3.05, 3.63) is 114 Å². The van der Waals surface area contributed by atoms with Crippen LogP contribution in [0, 0.1) is 5.92 Å². The van der Waals surface area contributed by atoms with Crippen LogP contribution in [-0.2, 0) is 37.8 Å². The fraction of sp³-hybridized carbons (Fsp3) is 0.386. The Balaban J connectivity index is 1.29. The molecule has 56 heavy (non-hydrogen) atoms. The highest BCUT2D eigenvalue weighted by Gasteiger charge is 2.66. The fourth-order valence-electron chi connectivity index (χ4n) is 9.18. The summed E-state index contributed by atoms with van der Waals surface area (Å²) < 4.78 is 18.5. The van der Waals surface area contributed by atoms with E-state index in [1.807, 2.05) is 84.9 Å². The molecule has 11 nitrogen and oxygen atoms in total. The largest absolute Gasteiger partial charge is 0.497 e. The average molecular weight is 777 g/mol. The SMILES string of the molecule is COc1ccc([Si](C)(C)[C@@H]2[C@@H](CC(=O)N(CCO)Cc3ccccc3)O[C@]3(C(=O)N(Cc4cccc(N5CCNCC5=O)c4)c4ccc(OC)cc43)[C@H]2C)cc1. The van der Waals surface area contributed by atoms with Crippen molar-refractivity contribution in [1.82, 2.24) is 10.2 Å². The van der Waals surface area contributed by atoms with E-state index in [1.54, 1.807) is 28.9 Å². The topological polar surface area (TPSA) is 121 Å². The molecule has 12 heteroatoms. The molecule has 294 valence electrons. The first-order chi connectivity index (χ1) is 27.0. The summed E-state index contributed by atoms with van der Waals surface area (Å²) in [6, 6.07) is 31.4. The predicted molar refractivity (Wildman–Crippen MR) is 219 cm³/mol. The van der Waals surface area contributed by atoms with Gasteiger partial charge >= 0.3 is 0 Å². The summed E-state index contributed by atoms with van der Waals surface area (Å²) >= 11 is 0. The Morgan fingerprint density at radius 2 is 1.66 bits per heavy atom. The van der Waals surface area contributed by atoms with E-state index in [0.29, 0.717) is 25.4 Å². The number of rotatable bonds is 13. The number of aliphatic hydroxyl groups is 1. The molecule has 0 bridgehead atoms. The number of carbonyl (C=O) groups excluding carboxylic acids is 3. The van der Waals surface area contributed by atoms with Crippen molar-refractivity contribution in [3.63, 3.8) is 0 Å². The average Bonchev–Trinajstić information content (AvgIpc) is 3.63. The number of carbonyl (C=O) groups is 3. The minimum absolute atomic E-state index is 0.00631. The summed E-state index contributed by atoms with van der Waals surface area (Å²) in [5, 5.41) is 14.3. The number of anilines is 2. The molecule has 3 aliphatic rings. The van der Waals surface area contributed by atoms with Crippen LogP contribution in [0.2, 0.25) is 18.6 Å². The zero-order valence-corrected chi connectivity index (χ0v) is 33.9. The first kappa shape index (κ1) is 39.2. The number of nitrogens with zero attached hydrogens (tertiary/aromatic N) is 3. The molecule has 7 rings (SSSR count). The molecule has 2 saturated heterocycles. The Labute approximate surface area is 330 Å². The predicted octanol–water partition coefficient (Wildman–Crippen LogP) is 4.81. The molecule has 4 atom stereocenters. The van der Waals surface area contributed by atoms with Gasteiger partial charge in [-0.3, -0.25) is 14.4 Å². The molecule has 3 amide bonds. The lowest BCUT2D eigenvalue weighted by Gasteiger charge is -2.37. The quantitative estimate of drug-likeness (QED) is 0.186. The zero-order valence-electron chi connectivity index (χ0n) is 32.9. The van der Waals surface area contributed by atoms with E-state index in [9.17, 15) is 14.7 Å². The normalized spacial score (nSPS) is 22.1. The molecule has 4 aromatic rings. The van der Waals surface area contributed by atoms with Gasteiger partial charge in [-0.05, 0) is 59.1 Å². The molecule has 0 saturated carbocycles. The van der Waals surface area contributed by atoms with Crippen molar-refractivity contribution in [3.8, 4) is 11.5 Å². The van der Waals surface area contributed by atoms with Gasteiger partial charge in [-0.2, -0.15) is 0 Å². The monoisotopic (exact) mass is 776 g/mol. The highest BCUT2D eigenvalue weighted by molar-refractivity contribution is 6.91. The number of hydrogen-bond acceptors (Lipinski definition) is 8. The van der Waals surface area contributed by atoms with Crippen LogP contribution >= 0.6 is 0 Å². The molecule has 4 aromatic carbocycles. The van der Waals surface area contributed by atoms with Gasteiger partial charge in [-0.25, -0.2) is 0 Å². The molecule has 1 spiro atoms. The number of benzene rings is 4. The van der Waals surface area contributed by atoms with E-state index in [4.69, 9.17) is 14.2 Å². The van der Waals surface area contributed by atoms with Gasteiger partial charge in [0.25, 0.3) is 5.91 Å². The van der Waals surface area contributed by atoms with Crippen molar-refractivity contribution >= 4 is 42.4 Å². The Morgan fingerprint density at radius 3 is 2.36 bits per heavy atom. The second kappa shape index (κ2) is 16.2. The number of ether oxygens (including phenoxy) is 3. The summed E-state index contributed by atoms with van der Waals surface area (Å²) in [7, 11) is 0.711. The molecule has 0 radical (unpaired) electrons. The van der Waals surface area contributed by atoms with Crippen LogP contribution in [0.5, 0.6) is 11.5 Å². The van der Waals surface area contributed by atoms with Crippen LogP contribution in [0.25, 0.3) is 0 Å². The fourth-order valence-corrected chi connectivity index (χ4v) is 13.2. The summed E-state index contributed by atoms with van der Waals surface area (Å²) in [5.74, 6) is 0.699. The molecular formula is C44H52N4O7Si. The number of piperazine rings is 1. The van der Waals surface area contributed by atoms with Gasteiger partial charge in [0.05, 0.1) is 60.2 Å². The molecule has 0 aromatic heterocycles. The van der Waals surface area contributed by atoms with Crippen LogP contribution in [0.4, 0.5) is 11.4 Å². The maximum absolute atomic E-state index is 15.4. The number of amides is 3. The number of methoxy groups -OCH3 is 2. The third-order valence-electron chi connectivity index (χ3n) is 12.0. The van der Waals surface area contributed by atoms with E-state index < -0.39 is 19.8 Å². The standard InChI is InChI=1S/C44H52N4O7Si/c1-30-42(56(4,5)36-17-14-34(53-2)15-18-36)39(26-40(50)46(22-23-49)28-31-10-7-6-8-11-31)55-44(30)37-25-35(54-3)16-19-38(37)48(43(44)52)29-32-12-9-13-33(24-32)47-21-20-45-27-41(47)51/h6-19,24-25,30,39,42,45,49H,20-23,26-29H2,1-5H3/t30-,39+,42-,44+/m0/s1. The van der Waals surface area contributed by atoms with Crippen LogP contribution < -0.4 is 29.8 Å². The highest BCUT2D eigenvalue weighted by atomic mass is 28.3. The minimum atomic E-state index is -2.54. The number of hydrogen-bond donors (Lipinski definition) is 2. The van der Waals surface area contributed by atoms with Crippen LogP contribution in [-0.4, -0.2) is 88.9 Å². The van der Waals surface area contributed by atoms with Crippen molar-refractivity contribution in [2.45, 2.75) is 56.8 Å². The first-order valence-corrected chi connectivity index (χ1v) is 22.4. The Bertz CT molecular complexity index is 2060. The highest BCUT2D eigenvalue weighted by Crippen LogP contribution is 2.60. The van der Waals surface area contributed by atoms with E-state index in [1.165, 1.54) is 0 Å². The third kappa shape index (κ3) is 7.22. The molecule has 3 heterocycles. The van der Waals surface area contributed by atoms with Gasteiger partial charge in [-0.15, -0.1) is 0 Å². The molecular weight excluding hydrogens is 725 g/mol. The Morgan fingerprint density at radius 1 is 0.946 bits per heavy atom. The summed E-state index contributed by atoms with van der Waals surface area (Å²) in [6.07, 6.45) is -0.563. The summed E-state index contributed by atoms with van der Waals surface area (Å²) in [4.78, 5) is 47.8. The third-order valence-corrected chi connectivity index (χ3v) is 16.4. The minimum Gasteiger partial charge on any atom is -0.497 e. The number of aliphatic hydroxyl groups excluding tert-OH is 1. The van der Waals surface area contributed by atoms with Crippen LogP contribution in [0.15, 0.2) is 97.1 Å². The number of fused-ring (bicyclic) bond motifs is 2. The van der Waals surface area contributed by atoms with E-state index in [-0.39, 0.29) is 61.8 Å². The lowest BCUT2D eigenvalue weighted by molar-refractivity contribution is -0.150. The van der Waals surface area contributed by atoms with Crippen molar-refractivity contribution < 1.29 is 33.7 Å². The first-order valence-electron chi connectivity index (χ1n) is 19.4. The van der Waals surface area contributed by atoms with Crippen molar-refractivity contribution in [1.29, 1.82) is 0 Å². The summed E-state index contributed by atoms with van der Waals surface area (Å²) in [5.41, 5.74) is 2.52. The Kier molecular flexibility index (Phi) is 11.4. The molecule has 3 aliphatic heterocycles. The number of nitrogens with one attached hydrogen (secondary N) is 1. The maximum atomic E-state index is 15.4. The van der Waals surface area contributed by atoms with Crippen molar-refractivity contribution in [2.75, 3.05) is 56.8 Å². The van der Waals surface area contributed by atoms with E-state index in [2.05, 4.69) is 37.5 Å². The van der Waals surface area contributed by atoms with Crippen molar-refractivity contribution in [2.24, 2.45) is 5.92 Å². The second-order valence-electron chi connectivity index (χ2n) is 15.6. The van der Waals surface area contributed by atoms with Gasteiger partial charge in [-0.1, -0.05) is 79.8 Å². The van der Waals surface area contributed by atoms with Crippen LogP contribution in [0.1, 0.15) is 30.0 Å². The summed E-state index contributed by atoms with van der Waals surface area (Å²) in [6.45, 7) is 8.85. The zero-order chi connectivity index (χ0) is 39.6. The maximum Gasteiger partial charge on any atom is 0.264 e. The molecule has 2 N–H and O–H groups in total. The van der Waals surface area contributed by atoms with E-state index in [0.717, 1.165) is 39.0 Å². The Hall–Kier alpha value is -5.01. The van der Waals surface area contributed by atoms with Crippen LogP contribution in [0.3, 0.4) is 0 Å². The van der Waals surface area contributed by atoms with Gasteiger partial charge in [0.1, 0.15) is 11.5 Å². The lowest BCUT2D eigenvalue weighted by Crippen LogP contribution is -2.52. The van der Waals surface area contributed by atoms with Gasteiger partial charge in [0.15, 0.2) is 5.60 Å². The van der Waals surface area contributed by atoms with Gasteiger partial charge < -0.3 is 39.3 Å².